The summed E-state index contributed by atoms with van der Waals surface area (Å²) in [5.74, 6) is -0.258. The lowest BCUT2D eigenvalue weighted by atomic mass is 10.1. The molecule has 0 heterocycles. The second-order valence-electron chi connectivity index (χ2n) is 6.06. The molecule has 1 aromatic carbocycles. The minimum Gasteiger partial charge on any atom is -0.465 e. The number of hydrogen-bond acceptors (Lipinski definition) is 5. The summed E-state index contributed by atoms with van der Waals surface area (Å²) >= 11 is 0. The first-order valence-electron chi connectivity index (χ1n) is 6.77. The Kier molecular flexibility index (Phi) is 5.71. The number of nitrogens with one attached hydrogen (secondary N) is 1. The van der Waals surface area contributed by atoms with Crippen LogP contribution in [0.1, 0.15) is 36.7 Å². The van der Waals surface area contributed by atoms with Gasteiger partial charge < -0.3 is 9.47 Å². The number of esters is 1. The molecule has 0 bridgehead atoms. The molecular weight excluding hydrogens is 306 g/mol. The van der Waals surface area contributed by atoms with Gasteiger partial charge in [-0.15, -0.1) is 0 Å². The third-order valence-electron chi connectivity index (χ3n) is 2.59. The first-order chi connectivity index (χ1) is 10.0. The van der Waals surface area contributed by atoms with Crippen molar-refractivity contribution in [1.82, 2.24) is 4.72 Å². The fourth-order valence-corrected chi connectivity index (χ4v) is 3.16. The molecule has 124 valence electrons. The fraction of sp³-hybridized carbons (Fsp3) is 0.467. The molecule has 6 nitrogen and oxygen atoms in total. The van der Waals surface area contributed by atoms with Crippen molar-refractivity contribution in [1.29, 1.82) is 0 Å². The number of carbonyl (C=O) groups is 2. The smallest absolute Gasteiger partial charge is 0.418 e. The van der Waals surface area contributed by atoms with Crippen LogP contribution in [0.15, 0.2) is 24.3 Å². The molecule has 22 heavy (non-hydrogen) atoms. The zero-order valence-electron chi connectivity index (χ0n) is 13.5. The van der Waals surface area contributed by atoms with E-state index in [1.54, 1.807) is 45.0 Å². The van der Waals surface area contributed by atoms with Gasteiger partial charge in [0.05, 0.1) is 12.7 Å². The molecule has 0 spiro atoms. The van der Waals surface area contributed by atoms with E-state index >= 15 is 0 Å². The van der Waals surface area contributed by atoms with Gasteiger partial charge in [0, 0.05) is 12.0 Å². The average molecular weight is 329 g/mol. The normalized spacial score (nSPS) is 12.4. The van der Waals surface area contributed by atoms with Gasteiger partial charge in [-0.1, -0.05) is 12.1 Å². The maximum Gasteiger partial charge on any atom is 0.418 e. The van der Waals surface area contributed by atoms with Gasteiger partial charge in [-0.25, -0.2) is 9.59 Å². The lowest BCUT2D eigenvalue weighted by Gasteiger charge is -2.24. The summed E-state index contributed by atoms with van der Waals surface area (Å²) in [7, 11) is -1.64. The molecule has 1 N–H and O–H groups in total. The number of thiol groups is 1. The van der Waals surface area contributed by atoms with E-state index in [4.69, 9.17) is 4.74 Å². The van der Waals surface area contributed by atoms with E-state index < -0.39 is 27.8 Å². The average Bonchev–Trinajstić information content (AvgIpc) is 2.35. The highest BCUT2D eigenvalue weighted by molar-refractivity contribution is 8.00. The standard InChI is InChI=1S/C15H23NO5S/c1-15(2,3)21-14(18)16-22(5,19)10-11-6-8-12(9-7-11)13(17)20-4/h6-9,22H,10H2,1-5H3,(H,16,18,19). The van der Waals surface area contributed by atoms with Crippen LogP contribution in [0.5, 0.6) is 0 Å². The lowest BCUT2D eigenvalue weighted by Crippen LogP contribution is -2.40. The van der Waals surface area contributed by atoms with Gasteiger partial charge in [0.15, 0.2) is 0 Å². The van der Waals surface area contributed by atoms with E-state index in [0.29, 0.717) is 5.56 Å². The van der Waals surface area contributed by atoms with Crippen LogP contribution in [0.25, 0.3) is 0 Å². The van der Waals surface area contributed by atoms with E-state index in [1.807, 2.05) is 0 Å². The molecule has 0 aromatic heterocycles. The molecule has 1 amide bonds. The van der Waals surface area contributed by atoms with E-state index in [9.17, 15) is 13.8 Å². The largest absolute Gasteiger partial charge is 0.465 e. The number of carbonyl (C=O) groups excluding carboxylic acids is 2. The molecule has 1 aromatic rings. The number of hydrogen-bond donors (Lipinski definition) is 2. The van der Waals surface area contributed by atoms with Crippen molar-refractivity contribution in [3.63, 3.8) is 0 Å². The Balaban J connectivity index is 2.70. The number of ether oxygens (including phenoxy) is 2. The lowest BCUT2D eigenvalue weighted by molar-refractivity contribution is 0.0568. The van der Waals surface area contributed by atoms with Crippen LogP contribution >= 0.6 is 0 Å². The molecule has 0 saturated carbocycles. The number of amides is 1. The molecule has 0 aliphatic heterocycles. The van der Waals surface area contributed by atoms with Crippen LogP contribution in [-0.2, 0) is 25.3 Å². The highest BCUT2D eigenvalue weighted by Gasteiger charge is 2.20. The molecule has 0 unspecified atom stereocenters. The Bertz CT molecular complexity index is 589. The molecule has 0 fully saturated rings. The highest BCUT2D eigenvalue weighted by atomic mass is 32.3. The Labute approximate surface area is 131 Å². The summed E-state index contributed by atoms with van der Waals surface area (Å²) in [5.41, 5.74) is 0.513. The SMILES string of the molecule is COC(=O)c1ccc(C[SH](C)(=O)NC(=O)OC(C)(C)C)cc1. The molecule has 0 aliphatic rings. The topological polar surface area (TPSA) is 81.7 Å². The van der Waals surface area contributed by atoms with Gasteiger partial charge in [-0.05, 0) is 48.6 Å². The zero-order valence-corrected chi connectivity index (χ0v) is 14.4. The first-order valence-corrected chi connectivity index (χ1v) is 9.11. The van der Waals surface area contributed by atoms with Crippen molar-refractivity contribution < 1.29 is 23.3 Å². The second-order valence-corrected chi connectivity index (χ2v) is 8.80. The summed E-state index contributed by atoms with van der Waals surface area (Å²) in [6, 6.07) is 6.54. The van der Waals surface area contributed by atoms with Crippen molar-refractivity contribution in [2.75, 3.05) is 13.4 Å². The zero-order chi connectivity index (χ0) is 17.0. The predicted molar refractivity (Wildman–Crippen MR) is 86.3 cm³/mol. The molecule has 0 atom stereocenters. The van der Waals surface area contributed by atoms with Crippen LogP contribution < -0.4 is 4.72 Å². The van der Waals surface area contributed by atoms with E-state index in [0.717, 1.165) is 5.56 Å². The summed E-state index contributed by atoms with van der Waals surface area (Å²) in [4.78, 5) is 23.0. The van der Waals surface area contributed by atoms with Crippen molar-refractivity contribution in [2.45, 2.75) is 32.1 Å². The van der Waals surface area contributed by atoms with Gasteiger partial charge in [0.1, 0.15) is 5.60 Å². The van der Waals surface area contributed by atoms with Crippen molar-refractivity contribution >= 4 is 22.2 Å². The van der Waals surface area contributed by atoms with Crippen LogP contribution in [0.3, 0.4) is 0 Å². The quantitative estimate of drug-likeness (QED) is 0.653. The third kappa shape index (κ3) is 6.26. The Morgan fingerprint density at radius 1 is 1.18 bits per heavy atom. The second kappa shape index (κ2) is 6.91. The van der Waals surface area contributed by atoms with Gasteiger partial charge >= 0.3 is 12.1 Å². The van der Waals surface area contributed by atoms with Crippen LogP contribution in [0.4, 0.5) is 4.79 Å². The van der Waals surface area contributed by atoms with Crippen LogP contribution in [-0.4, -0.2) is 35.2 Å². The van der Waals surface area contributed by atoms with Gasteiger partial charge in [0.25, 0.3) is 0 Å². The van der Waals surface area contributed by atoms with Crippen molar-refractivity contribution in [3.8, 4) is 0 Å². The maximum atomic E-state index is 12.5. The molecule has 1 rings (SSSR count). The van der Waals surface area contributed by atoms with Crippen LogP contribution in [0, 0.1) is 0 Å². The number of methoxy groups -OCH3 is 1. The fourth-order valence-electron chi connectivity index (χ4n) is 1.75. The van der Waals surface area contributed by atoms with Gasteiger partial charge in [0.2, 0.25) is 0 Å². The third-order valence-corrected chi connectivity index (χ3v) is 4.21. The van der Waals surface area contributed by atoms with Crippen molar-refractivity contribution in [2.24, 2.45) is 0 Å². The first kappa shape index (κ1) is 18.2. The summed E-state index contributed by atoms with van der Waals surface area (Å²) in [6.07, 6.45) is 0.773. The Morgan fingerprint density at radius 3 is 2.18 bits per heavy atom. The van der Waals surface area contributed by atoms with Crippen LogP contribution in [0.2, 0.25) is 0 Å². The molecule has 7 heteroatoms. The number of benzene rings is 1. The molecule has 0 aliphatic carbocycles. The molecule has 0 saturated heterocycles. The highest BCUT2D eigenvalue weighted by Crippen LogP contribution is 2.13. The maximum absolute atomic E-state index is 12.5. The Morgan fingerprint density at radius 2 is 1.73 bits per heavy atom. The van der Waals surface area contributed by atoms with Gasteiger partial charge in [-0.3, -0.25) is 8.93 Å². The van der Waals surface area contributed by atoms with Gasteiger partial charge in [-0.2, -0.15) is 0 Å². The van der Waals surface area contributed by atoms with Crippen molar-refractivity contribution in [3.05, 3.63) is 35.4 Å². The predicted octanol–water partition coefficient (Wildman–Crippen LogP) is 2.06. The molecule has 0 radical (unpaired) electrons. The monoisotopic (exact) mass is 329 g/mol. The van der Waals surface area contributed by atoms with E-state index in [-0.39, 0.29) is 5.75 Å². The Hall–Kier alpha value is -1.89. The number of rotatable bonds is 4. The summed E-state index contributed by atoms with van der Waals surface area (Å²) in [5, 5.41) is 0. The minimum absolute atomic E-state index is 0.174. The minimum atomic E-state index is -2.94. The summed E-state index contributed by atoms with van der Waals surface area (Å²) < 4.78 is 24.6. The molecular formula is C15H23NO5S. The van der Waals surface area contributed by atoms with E-state index in [2.05, 4.69) is 9.46 Å². The van der Waals surface area contributed by atoms with E-state index in [1.165, 1.54) is 13.4 Å². The summed E-state index contributed by atoms with van der Waals surface area (Å²) in [6.45, 7) is 5.20.